The fourth-order valence-corrected chi connectivity index (χ4v) is 4.76. The standard InChI is InChI=1S/C25H24O14/c1-8(27)35-22-17(29)16(28)13(7-26)37-25(22)36-12-6-10-15-14-9(23(30)39-21(15)19(12)34-4)5-11(32-2)18(33-3)20(14)38-24(10)31/h5-6,13,16-17,22,25-26,28-29H,7H2,1-4H3/t13-,16-,17+,22-,25-/m1/s1. The van der Waals surface area contributed by atoms with Crippen LogP contribution >= 0.6 is 0 Å². The number of hydrogen-bond acceptors (Lipinski definition) is 14. The summed E-state index contributed by atoms with van der Waals surface area (Å²) in [5, 5.41) is 30.7. The smallest absolute Gasteiger partial charge is 0.344 e. The van der Waals surface area contributed by atoms with Crippen molar-refractivity contribution in [3.8, 4) is 23.0 Å². The van der Waals surface area contributed by atoms with Crippen molar-refractivity contribution in [1.29, 1.82) is 0 Å². The van der Waals surface area contributed by atoms with Crippen LogP contribution < -0.4 is 30.2 Å². The van der Waals surface area contributed by atoms with E-state index in [-0.39, 0.29) is 55.7 Å². The van der Waals surface area contributed by atoms with Gasteiger partial charge in [-0.1, -0.05) is 0 Å². The molecular weight excluding hydrogens is 524 g/mol. The van der Waals surface area contributed by atoms with Crippen LogP contribution in [0.5, 0.6) is 23.0 Å². The van der Waals surface area contributed by atoms with Gasteiger partial charge in [-0.2, -0.15) is 0 Å². The number of carbonyl (C=O) groups is 1. The minimum atomic E-state index is -1.70. The van der Waals surface area contributed by atoms with Gasteiger partial charge in [0.25, 0.3) is 0 Å². The van der Waals surface area contributed by atoms with Crippen LogP contribution in [-0.2, 0) is 14.3 Å². The van der Waals surface area contributed by atoms with Gasteiger partial charge in [0.15, 0.2) is 28.8 Å². The van der Waals surface area contributed by atoms with E-state index in [1.54, 1.807) is 0 Å². The third kappa shape index (κ3) is 4.08. The molecule has 1 fully saturated rings. The normalized spacial score (nSPS) is 23.3. The van der Waals surface area contributed by atoms with Crippen LogP contribution in [0.4, 0.5) is 0 Å². The fraction of sp³-hybridized carbons (Fsp3) is 0.400. The maximum absolute atomic E-state index is 13.2. The summed E-state index contributed by atoms with van der Waals surface area (Å²) in [5.74, 6) is -0.956. The summed E-state index contributed by atoms with van der Waals surface area (Å²) in [5.41, 5.74) is -1.89. The van der Waals surface area contributed by atoms with E-state index in [0.29, 0.717) is 0 Å². The summed E-state index contributed by atoms with van der Waals surface area (Å²) in [6.07, 6.45) is -7.75. The second-order valence-electron chi connectivity index (χ2n) is 8.70. The van der Waals surface area contributed by atoms with Crippen LogP contribution in [0.3, 0.4) is 0 Å². The minimum absolute atomic E-state index is 0.0491. The quantitative estimate of drug-likeness (QED) is 0.162. The van der Waals surface area contributed by atoms with Gasteiger partial charge in [0, 0.05) is 17.7 Å². The monoisotopic (exact) mass is 548 g/mol. The number of hydrogen-bond donors (Lipinski definition) is 3. The Morgan fingerprint density at radius 2 is 1.41 bits per heavy atom. The molecule has 0 spiro atoms. The molecule has 14 heteroatoms. The van der Waals surface area contributed by atoms with Gasteiger partial charge in [-0.15, -0.1) is 0 Å². The molecule has 5 atom stereocenters. The molecule has 3 heterocycles. The first-order valence-corrected chi connectivity index (χ1v) is 11.6. The minimum Gasteiger partial charge on any atom is -0.493 e. The van der Waals surface area contributed by atoms with E-state index in [0.717, 1.165) is 6.92 Å². The van der Waals surface area contributed by atoms with Gasteiger partial charge in [-0.05, 0) is 12.1 Å². The molecule has 0 unspecified atom stereocenters. The summed E-state index contributed by atoms with van der Waals surface area (Å²) in [4.78, 5) is 37.9. The molecule has 3 N–H and O–H groups in total. The predicted molar refractivity (Wildman–Crippen MR) is 131 cm³/mol. The van der Waals surface area contributed by atoms with Gasteiger partial charge in [0.2, 0.25) is 17.8 Å². The average molecular weight is 548 g/mol. The van der Waals surface area contributed by atoms with Gasteiger partial charge in [-0.3, -0.25) is 4.79 Å². The second-order valence-corrected chi connectivity index (χ2v) is 8.70. The van der Waals surface area contributed by atoms with Gasteiger partial charge >= 0.3 is 17.2 Å². The number of methoxy groups -OCH3 is 3. The highest BCUT2D eigenvalue weighted by Gasteiger charge is 2.48. The Hall–Kier alpha value is -4.11. The van der Waals surface area contributed by atoms with Crippen LogP contribution in [0.25, 0.3) is 32.7 Å². The van der Waals surface area contributed by atoms with E-state index < -0.39 is 54.5 Å². The number of aliphatic hydroxyl groups excluding tert-OH is 3. The average Bonchev–Trinajstić information content (AvgIpc) is 2.91. The highest BCUT2D eigenvalue weighted by Crippen LogP contribution is 2.46. The number of carbonyl (C=O) groups excluding carboxylic acids is 1. The van der Waals surface area contributed by atoms with Crippen LogP contribution in [0.2, 0.25) is 0 Å². The molecule has 0 amide bonds. The molecule has 39 heavy (non-hydrogen) atoms. The summed E-state index contributed by atoms with van der Waals surface area (Å²) in [6, 6.07) is 2.63. The SMILES string of the molecule is COc1cc2c(=O)oc3c(OC)c(O[C@@H]4O[C@H](CO)[C@@H](O)[C@H](O)[C@H]4OC(C)=O)cc4c(=O)oc(c1OC)c2c34. The third-order valence-corrected chi connectivity index (χ3v) is 6.48. The van der Waals surface area contributed by atoms with Crippen LogP contribution in [0.15, 0.2) is 30.6 Å². The molecule has 1 aliphatic rings. The maximum atomic E-state index is 13.2. The van der Waals surface area contributed by atoms with E-state index in [1.807, 2.05) is 0 Å². The van der Waals surface area contributed by atoms with Crippen molar-refractivity contribution in [3.63, 3.8) is 0 Å². The molecule has 0 aliphatic carbocycles. The van der Waals surface area contributed by atoms with Crippen molar-refractivity contribution < 1.29 is 57.4 Å². The lowest BCUT2D eigenvalue weighted by Gasteiger charge is -2.41. The lowest BCUT2D eigenvalue weighted by Crippen LogP contribution is -2.61. The molecule has 0 radical (unpaired) electrons. The maximum Gasteiger partial charge on any atom is 0.344 e. The first kappa shape index (κ1) is 26.5. The molecule has 1 saturated heterocycles. The Bertz CT molecular complexity index is 1670. The van der Waals surface area contributed by atoms with Crippen molar-refractivity contribution in [2.75, 3.05) is 27.9 Å². The van der Waals surface area contributed by atoms with Gasteiger partial charge in [0.1, 0.15) is 18.3 Å². The number of ether oxygens (including phenoxy) is 6. The molecular formula is C25H24O14. The van der Waals surface area contributed by atoms with E-state index in [1.165, 1.54) is 33.5 Å². The highest BCUT2D eigenvalue weighted by atomic mass is 16.7. The molecule has 1 aliphatic heterocycles. The fourth-order valence-electron chi connectivity index (χ4n) is 4.76. The molecule has 4 aromatic rings. The number of benzene rings is 2. The molecule has 14 nitrogen and oxygen atoms in total. The number of rotatable bonds is 7. The summed E-state index contributed by atoms with van der Waals surface area (Å²) in [7, 11) is 3.96. The van der Waals surface area contributed by atoms with Crippen molar-refractivity contribution >= 4 is 38.7 Å². The van der Waals surface area contributed by atoms with Crippen molar-refractivity contribution in [1.82, 2.24) is 0 Å². The summed E-state index contributed by atoms with van der Waals surface area (Å²) >= 11 is 0. The summed E-state index contributed by atoms with van der Waals surface area (Å²) in [6.45, 7) is 0.373. The molecule has 5 rings (SSSR count). The van der Waals surface area contributed by atoms with Crippen LogP contribution in [0.1, 0.15) is 6.92 Å². The van der Waals surface area contributed by atoms with E-state index >= 15 is 0 Å². The molecule has 0 bridgehead atoms. The Morgan fingerprint density at radius 3 is 1.90 bits per heavy atom. The molecule has 208 valence electrons. The topological polar surface area (TPSA) is 194 Å². The van der Waals surface area contributed by atoms with E-state index in [9.17, 15) is 29.7 Å². The van der Waals surface area contributed by atoms with E-state index in [2.05, 4.69) is 0 Å². The molecule has 0 saturated carbocycles. The first-order chi connectivity index (χ1) is 18.6. The van der Waals surface area contributed by atoms with Gasteiger partial charge in [-0.25, -0.2) is 9.59 Å². The third-order valence-electron chi connectivity index (χ3n) is 6.48. The predicted octanol–water partition coefficient (Wildman–Crippen LogP) is 0.266. The van der Waals surface area contributed by atoms with Crippen molar-refractivity contribution in [2.45, 2.75) is 37.6 Å². The largest absolute Gasteiger partial charge is 0.493 e. The van der Waals surface area contributed by atoms with Crippen molar-refractivity contribution in [3.05, 3.63) is 33.0 Å². The van der Waals surface area contributed by atoms with Crippen molar-refractivity contribution in [2.24, 2.45) is 0 Å². The Kier molecular flexibility index (Phi) is 6.72. The number of aliphatic hydroxyl groups is 3. The summed E-state index contributed by atoms with van der Waals surface area (Å²) < 4.78 is 43.8. The second kappa shape index (κ2) is 9.89. The zero-order chi connectivity index (χ0) is 28.2. The van der Waals surface area contributed by atoms with Crippen LogP contribution in [0, 0.1) is 0 Å². The lowest BCUT2D eigenvalue weighted by molar-refractivity contribution is -0.282. The van der Waals surface area contributed by atoms with E-state index in [4.69, 9.17) is 37.3 Å². The Balaban J connectivity index is 1.76. The zero-order valence-electron chi connectivity index (χ0n) is 21.1. The van der Waals surface area contributed by atoms with Crippen LogP contribution in [-0.4, -0.2) is 79.9 Å². The highest BCUT2D eigenvalue weighted by molar-refractivity contribution is 6.22. The molecule has 2 aromatic heterocycles. The number of esters is 1. The Labute approximate surface area is 218 Å². The Morgan fingerprint density at radius 1 is 0.872 bits per heavy atom. The van der Waals surface area contributed by atoms with Gasteiger partial charge in [0.05, 0.1) is 38.7 Å². The first-order valence-electron chi connectivity index (χ1n) is 11.6. The lowest BCUT2D eigenvalue weighted by atomic mass is 9.99. The van der Waals surface area contributed by atoms with Gasteiger partial charge < -0.3 is 52.6 Å². The zero-order valence-corrected chi connectivity index (χ0v) is 21.1. The molecule has 2 aromatic carbocycles.